The summed E-state index contributed by atoms with van der Waals surface area (Å²) in [6.07, 6.45) is -2.60. The van der Waals surface area contributed by atoms with Crippen molar-refractivity contribution in [3.63, 3.8) is 0 Å². The number of hydrogen-bond donors (Lipinski definition) is 2. The molecule has 0 aliphatic rings. The Bertz CT molecular complexity index is 363. The zero-order chi connectivity index (χ0) is 13.6. The summed E-state index contributed by atoms with van der Waals surface area (Å²) in [5.74, 6) is 0.302. The van der Waals surface area contributed by atoms with Crippen LogP contribution >= 0.6 is 0 Å². The molecule has 1 unspecified atom stereocenters. The Labute approximate surface area is 105 Å². The molecule has 3 N–H and O–H groups in total. The third-order valence-corrected chi connectivity index (χ3v) is 2.97. The first-order valence-electron chi connectivity index (χ1n) is 6.09. The fourth-order valence-corrected chi connectivity index (χ4v) is 1.82. The molecule has 0 radical (unpaired) electrons. The number of halogens is 3. The second-order valence-electron chi connectivity index (χ2n) is 4.28. The number of alkyl halides is 3. The number of nitrogens with two attached hydrogens (primary N) is 1. The van der Waals surface area contributed by atoms with E-state index in [1.807, 2.05) is 6.92 Å². The van der Waals surface area contributed by atoms with Gasteiger partial charge in [-0.1, -0.05) is 25.5 Å². The number of nitrogens with one attached hydrogen (secondary N) is 1. The summed E-state index contributed by atoms with van der Waals surface area (Å²) in [7, 11) is 0. The average molecular weight is 260 g/mol. The van der Waals surface area contributed by atoms with Crippen LogP contribution in [0.5, 0.6) is 0 Å². The summed E-state index contributed by atoms with van der Waals surface area (Å²) < 4.78 is 38.2. The lowest BCUT2D eigenvalue weighted by atomic mass is 10.0. The quantitative estimate of drug-likeness (QED) is 0.821. The van der Waals surface area contributed by atoms with E-state index in [1.165, 1.54) is 12.1 Å². The average Bonchev–Trinajstić information content (AvgIpc) is 2.33. The van der Waals surface area contributed by atoms with Crippen LogP contribution in [0, 0.1) is 5.92 Å². The Hall–Kier alpha value is -1.23. The summed E-state index contributed by atoms with van der Waals surface area (Å²) in [6, 6.07) is 5.54. The molecule has 0 saturated heterocycles. The monoisotopic (exact) mass is 260 g/mol. The first-order chi connectivity index (χ1) is 8.49. The Kier molecular flexibility index (Phi) is 5.47. The molecular formula is C13H19F3N2. The summed E-state index contributed by atoms with van der Waals surface area (Å²) in [6.45, 7) is 3.08. The SMILES string of the molecule is CCC(CCN)CNc1ccccc1C(F)(F)F. The minimum absolute atomic E-state index is 0.139. The molecule has 0 fully saturated rings. The predicted molar refractivity (Wildman–Crippen MR) is 67.4 cm³/mol. The maximum atomic E-state index is 12.7. The van der Waals surface area contributed by atoms with Crippen molar-refractivity contribution in [1.29, 1.82) is 0 Å². The van der Waals surface area contributed by atoms with Crippen molar-refractivity contribution in [1.82, 2.24) is 0 Å². The van der Waals surface area contributed by atoms with Gasteiger partial charge in [0.1, 0.15) is 0 Å². The molecule has 0 spiro atoms. The number of hydrogen-bond acceptors (Lipinski definition) is 2. The van der Waals surface area contributed by atoms with E-state index in [4.69, 9.17) is 5.73 Å². The standard InChI is InChI=1S/C13H19F3N2/c1-2-10(7-8-17)9-18-12-6-4-3-5-11(12)13(14,15)16/h3-6,10,18H,2,7-9,17H2,1H3. The predicted octanol–water partition coefficient (Wildman–Crippen LogP) is 3.49. The Morgan fingerprint density at radius 1 is 1.28 bits per heavy atom. The van der Waals surface area contributed by atoms with Crippen molar-refractivity contribution in [3.05, 3.63) is 29.8 Å². The van der Waals surface area contributed by atoms with E-state index in [9.17, 15) is 13.2 Å². The van der Waals surface area contributed by atoms with Crippen LogP contribution in [0.15, 0.2) is 24.3 Å². The van der Waals surface area contributed by atoms with Crippen molar-refractivity contribution in [2.24, 2.45) is 11.7 Å². The van der Waals surface area contributed by atoms with Crippen molar-refractivity contribution in [3.8, 4) is 0 Å². The van der Waals surface area contributed by atoms with E-state index < -0.39 is 11.7 Å². The summed E-state index contributed by atoms with van der Waals surface area (Å²) in [4.78, 5) is 0. The van der Waals surface area contributed by atoms with Crippen LogP contribution in [0.3, 0.4) is 0 Å². The number of benzene rings is 1. The molecule has 2 nitrogen and oxygen atoms in total. The van der Waals surface area contributed by atoms with Gasteiger partial charge >= 0.3 is 6.18 Å². The Morgan fingerprint density at radius 2 is 1.94 bits per heavy atom. The first kappa shape index (κ1) is 14.8. The van der Waals surface area contributed by atoms with Crippen LogP contribution in [-0.2, 0) is 6.18 Å². The smallest absolute Gasteiger partial charge is 0.384 e. The van der Waals surface area contributed by atoms with Gasteiger partial charge in [0.2, 0.25) is 0 Å². The van der Waals surface area contributed by atoms with Gasteiger partial charge in [-0.2, -0.15) is 13.2 Å². The molecule has 1 atom stereocenters. The molecule has 0 amide bonds. The summed E-state index contributed by atoms with van der Waals surface area (Å²) >= 11 is 0. The third-order valence-electron chi connectivity index (χ3n) is 2.97. The fraction of sp³-hybridized carbons (Fsp3) is 0.538. The highest BCUT2D eigenvalue weighted by molar-refractivity contribution is 5.52. The fourth-order valence-electron chi connectivity index (χ4n) is 1.82. The van der Waals surface area contributed by atoms with Crippen LogP contribution < -0.4 is 11.1 Å². The largest absolute Gasteiger partial charge is 0.418 e. The van der Waals surface area contributed by atoms with Crippen LogP contribution in [-0.4, -0.2) is 13.1 Å². The zero-order valence-electron chi connectivity index (χ0n) is 10.4. The van der Waals surface area contributed by atoms with Gasteiger partial charge in [0.15, 0.2) is 0 Å². The second-order valence-corrected chi connectivity index (χ2v) is 4.28. The van der Waals surface area contributed by atoms with Crippen molar-refractivity contribution >= 4 is 5.69 Å². The maximum Gasteiger partial charge on any atom is 0.418 e. The van der Waals surface area contributed by atoms with Crippen LogP contribution in [0.25, 0.3) is 0 Å². The zero-order valence-corrected chi connectivity index (χ0v) is 10.4. The molecule has 0 aromatic heterocycles. The molecule has 0 aliphatic carbocycles. The van der Waals surface area contributed by atoms with Gasteiger partial charge in [0.05, 0.1) is 5.56 Å². The van der Waals surface area contributed by atoms with Crippen molar-refractivity contribution in [2.75, 3.05) is 18.4 Å². The first-order valence-corrected chi connectivity index (χ1v) is 6.09. The number of para-hydroxylation sites is 1. The molecule has 18 heavy (non-hydrogen) atoms. The highest BCUT2D eigenvalue weighted by Crippen LogP contribution is 2.34. The van der Waals surface area contributed by atoms with E-state index in [1.54, 1.807) is 6.07 Å². The molecule has 1 aromatic rings. The van der Waals surface area contributed by atoms with Gasteiger partial charge in [-0.05, 0) is 31.0 Å². The highest BCUT2D eigenvalue weighted by atomic mass is 19.4. The molecule has 102 valence electrons. The van der Waals surface area contributed by atoms with E-state index in [2.05, 4.69) is 5.32 Å². The molecule has 1 aromatic carbocycles. The van der Waals surface area contributed by atoms with Gasteiger partial charge in [-0.15, -0.1) is 0 Å². The molecule has 5 heteroatoms. The molecule has 0 heterocycles. The van der Waals surface area contributed by atoms with E-state index in [-0.39, 0.29) is 5.69 Å². The third kappa shape index (κ3) is 4.22. The number of anilines is 1. The van der Waals surface area contributed by atoms with Gasteiger partial charge in [-0.25, -0.2) is 0 Å². The Morgan fingerprint density at radius 3 is 2.50 bits per heavy atom. The highest BCUT2D eigenvalue weighted by Gasteiger charge is 2.33. The minimum Gasteiger partial charge on any atom is -0.384 e. The van der Waals surface area contributed by atoms with Crippen LogP contribution in [0.1, 0.15) is 25.3 Å². The normalized spacial score (nSPS) is 13.4. The lowest BCUT2D eigenvalue weighted by molar-refractivity contribution is -0.136. The molecule has 0 saturated carbocycles. The lowest BCUT2D eigenvalue weighted by Crippen LogP contribution is -2.19. The molecular weight excluding hydrogens is 241 g/mol. The van der Waals surface area contributed by atoms with Crippen LogP contribution in [0.4, 0.5) is 18.9 Å². The second kappa shape index (κ2) is 6.64. The molecule has 0 aliphatic heterocycles. The molecule has 0 bridgehead atoms. The van der Waals surface area contributed by atoms with Crippen molar-refractivity contribution in [2.45, 2.75) is 25.9 Å². The van der Waals surface area contributed by atoms with E-state index in [0.29, 0.717) is 19.0 Å². The van der Waals surface area contributed by atoms with Gasteiger partial charge < -0.3 is 11.1 Å². The summed E-state index contributed by atoms with van der Waals surface area (Å²) in [5, 5.41) is 2.88. The van der Waals surface area contributed by atoms with Gasteiger partial charge in [-0.3, -0.25) is 0 Å². The Balaban J connectivity index is 2.73. The van der Waals surface area contributed by atoms with E-state index >= 15 is 0 Å². The van der Waals surface area contributed by atoms with Gasteiger partial charge in [0.25, 0.3) is 0 Å². The summed E-state index contributed by atoms with van der Waals surface area (Å²) in [5.41, 5.74) is 4.99. The topological polar surface area (TPSA) is 38.0 Å². The van der Waals surface area contributed by atoms with Gasteiger partial charge in [0, 0.05) is 12.2 Å². The maximum absolute atomic E-state index is 12.7. The molecule has 1 rings (SSSR count). The van der Waals surface area contributed by atoms with E-state index in [0.717, 1.165) is 18.9 Å². The number of rotatable bonds is 6. The van der Waals surface area contributed by atoms with Crippen molar-refractivity contribution < 1.29 is 13.2 Å². The lowest BCUT2D eigenvalue weighted by Gasteiger charge is -2.18. The van der Waals surface area contributed by atoms with Crippen LogP contribution in [0.2, 0.25) is 0 Å². The minimum atomic E-state index is -4.32.